The van der Waals surface area contributed by atoms with Gasteiger partial charge in [-0.1, -0.05) is 6.07 Å². The zero-order valence-electron chi connectivity index (χ0n) is 14.1. The number of hydrazine groups is 1. The Kier molecular flexibility index (Phi) is 5.71. The molecule has 2 aromatic carbocycles. The van der Waals surface area contributed by atoms with Crippen LogP contribution in [0.3, 0.4) is 0 Å². The van der Waals surface area contributed by atoms with Gasteiger partial charge in [-0.15, -0.1) is 0 Å². The first-order valence-corrected chi connectivity index (χ1v) is 8.83. The molecule has 134 valence electrons. The van der Waals surface area contributed by atoms with E-state index in [1.807, 2.05) is 6.07 Å². The molecule has 0 saturated carbocycles. The number of amides is 2. The van der Waals surface area contributed by atoms with Gasteiger partial charge in [0.2, 0.25) is 10.0 Å². The Labute approximate surface area is 151 Å². The first-order valence-electron chi connectivity index (χ1n) is 7.39. The van der Waals surface area contributed by atoms with Crippen LogP contribution < -0.4 is 10.9 Å². The minimum Gasteiger partial charge on any atom is -0.267 e. The lowest BCUT2D eigenvalue weighted by molar-refractivity contribution is 0.0846. The maximum absolute atomic E-state index is 12.2. The lowest BCUT2D eigenvalue weighted by Gasteiger charge is -2.12. The van der Waals surface area contributed by atoms with Crippen molar-refractivity contribution in [2.24, 2.45) is 0 Å². The quantitative estimate of drug-likeness (QED) is 0.772. The zero-order valence-corrected chi connectivity index (χ0v) is 14.9. The molecule has 0 aliphatic rings. The molecule has 0 bridgehead atoms. The highest BCUT2D eigenvalue weighted by Crippen LogP contribution is 2.14. The minimum absolute atomic E-state index is 0.0337. The Morgan fingerprint density at radius 3 is 2.08 bits per heavy atom. The van der Waals surface area contributed by atoms with Crippen molar-refractivity contribution >= 4 is 21.8 Å². The van der Waals surface area contributed by atoms with Gasteiger partial charge < -0.3 is 0 Å². The van der Waals surface area contributed by atoms with Crippen molar-refractivity contribution in [1.82, 2.24) is 15.2 Å². The Morgan fingerprint density at radius 2 is 1.54 bits per heavy atom. The number of sulfonamides is 1. The summed E-state index contributed by atoms with van der Waals surface area (Å²) in [6.45, 7) is 0. The molecule has 0 aliphatic heterocycles. The summed E-state index contributed by atoms with van der Waals surface area (Å²) in [5.74, 6) is -1.23. The summed E-state index contributed by atoms with van der Waals surface area (Å²) in [6, 6.07) is 13.3. The number of nitriles is 1. The molecule has 2 amide bonds. The van der Waals surface area contributed by atoms with Crippen LogP contribution in [-0.2, 0) is 10.0 Å². The number of benzene rings is 2. The Hall–Kier alpha value is -3.22. The maximum atomic E-state index is 12.2. The van der Waals surface area contributed by atoms with Gasteiger partial charge in [0.15, 0.2) is 0 Å². The summed E-state index contributed by atoms with van der Waals surface area (Å²) < 4.78 is 25.3. The molecule has 0 radical (unpaired) electrons. The van der Waals surface area contributed by atoms with Gasteiger partial charge in [-0.05, 0) is 42.5 Å². The molecule has 8 nitrogen and oxygen atoms in total. The highest BCUT2D eigenvalue weighted by atomic mass is 32.2. The fourth-order valence-electron chi connectivity index (χ4n) is 1.96. The highest BCUT2D eigenvalue weighted by molar-refractivity contribution is 7.89. The van der Waals surface area contributed by atoms with Crippen LogP contribution >= 0.6 is 0 Å². The van der Waals surface area contributed by atoms with Crippen molar-refractivity contribution in [3.8, 4) is 6.07 Å². The molecular formula is C17H16N4O4S. The maximum Gasteiger partial charge on any atom is 0.269 e. The fraction of sp³-hybridized carbons (Fsp3) is 0.118. The van der Waals surface area contributed by atoms with Crippen LogP contribution in [0.1, 0.15) is 26.3 Å². The summed E-state index contributed by atoms with van der Waals surface area (Å²) in [4.78, 5) is 24.1. The summed E-state index contributed by atoms with van der Waals surface area (Å²) in [6.07, 6.45) is 0. The van der Waals surface area contributed by atoms with Crippen LogP contribution in [0.2, 0.25) is 0 Å². The standard InChI is InChI=1S/C17H16N4O4S/c1-21(2)26(24,25)15-5-3-4-14(10-15)17(23)20-19-16(22)13-8-6-12(11-18)7-9-13/h3-10H,1-2H3,(H,19,22)(H,20,23). The zero-order chi connectivity index (χ0) is 19.3. The summed E-state index contributed by atoms with van der Waals surface area (Å²) >= 11 is 0. The number of rotatable bonds is 4. The number of carbonyl (C=O) groups excluding carboxylic acids is 2. The van der Waals surface area contributed by atoms with Crippen molar-refractivity contribution in [2.45, 2.75) is 4.90 Å². The second kappa shape index (κ2) is 7.77. The third-order valence-electron chi connectivity index (χ3n) is 3.44. The molecule has 0 fully saturated rings. The Bertz CT molecular complexity index is 977. The van der Waals surface area contributed by atoms with Crippen LogP contribution in [0.5, 0.6) is 0 Å². The van der Waals surface area contributed by atoms with E-state index in [0.29, 0.717) is 5.56 Å². The number of carbonyl (C=O) groups is 2. The topological polar surface area (TPSA) is 119 Å². The van der Waals surface area contributed by atoms with Crippen molar-refractivity contribution in [3.63, 3.8) is 0 Å². The first kappa shape index (κ1) is 19.1. The number of hydrogen-bond acceptors (Lipinski definition) is 5. The van der Waals surface area contributed by atoms with E-state index < -0.39 is 21.8 Å². The van der Waals surface area contributed by atoms with Gasteiger partial charge in [0.1, 0.15) is 0 Å². The molecule has 0 heterocycles. The SMILES string of the molecule is CN(C)S(=O)(=O)c1cccc(C(=O)NNC(=O)c2ccc(C#N)cc2)c1. The lowest BCUT2D eigenvalue weighted by Crippen LogP contribution is -2.41. The van der Waals surface area contributed by atoms with Gasteiger partial charge in [0.25, 0.3) is 11.8 Å². The second-order valence-electron chi connectivity index (χ2n) is 5.41. The van der Waals surface area contributed by atoms with Crippen LogP contribution in [0.4, 0.5) is 0 Å². The third kappa shape index (κ3) is 4.24. The number of hydrogen-bond donors (Lipinski definition) is 2. The van der Waals surface area contributed by atoms with Gasteiger partial charge in [-0.2, -0.15) is 5.26 Å². The molecule has 26 heavy (non-hydrogen) atoms. The smallest absolute Gasteiger partial charge is 0.267 e. The highest BCUT2D eigenvalue weighted by Gasteiger charge is 2.19. The van der Waals surface area contributed by atoms with Gasteiger partial charge in [-0.25, -0.2) is 12.7 Å². The van der Waals surface area contributed by atoms with Crippen LogP contribution in [-0.4, -0.2) is 38.6 Å². The first-order chi connectivity index (χ1) is 12.3. The minimum atomic E-state index is -3.67. The van der Waals surface area contributed by atoms with E-state index in [0.717, 1.165) is 4.31 Å². The average Bonchev–Trinajstić information content (AvgIpc) is 2.65. The molecule has 0 unspecified atom stereocenters. The van der Waals surface area contributed by atoms with Gasteiger partial charge in [0.05, 0.1) is 16.5 Å². The summed E-state index contributed by atoms with van der Waals surface area (Å²) in [5.41, 5.74) is 5.20. The predicted octanol–water partition coefficient (Wildman–Crippen LogP) is 0.883. The van der Waals surface area contributed by atoms with E-state index in [-0.39, 0.29) is 16.0 Å². The molecule has 0 aliphatic carbocycles. The van der Waals surface area contributed by atoms with Crippen LogP contribution in [0.25, 0.3) is 0 Å². The van der Waals surface area contributed by atoms with E-state index in [1.54, 1.807) is 0 Å². The molecule has 2 aromatic rings. The Balaban J connectivity index is 2.08. The molecule has 0 saturated heterocycles. The van der Waals surface area contributed by atoms with Gasteiger partial charge in [0, 0.05) is 25.2 Å². The molecular weight excluding hydrogens is 356 g/mol. The van der Waals surface area contributed by atoms with Gasteiger partial charge in [-0.3, -0.25) is 20.4 Å². The third-order valence-corrected chi connectivity index (χ3v) is 5.25. The molecule has 0 aromatic heterocycles. The number of nitrogens with one attached hydrogen (secondary N) is 2. The lowest BCUT2D eigenvalue weighted by atomic mass is 10.1. The summed E-state index contributed by atoms with van der Waals surface area (Å²) in [5, 5.41) is 8.73. The van der Waals surface area contributed by atoms with E-state index in [1.165, 1.54) is 62.6 Å². The molecule has 9 heteroatoms. The normalized spacial score (nSPS) is 10.8. The van der Waals surface area contributed by atoms with Crippen molar-refractivity contribution in [2.75, 3.05) is 14.1 Å². The van der Waals surface area contributed by atoms with Gasteiger partial charge >= 0.3 is 0 Å². The van der Waals surface area contributed by atoms with E-state index >= 15 is 0 Å². The molecule has 2 N–H and O–H groups in total. The Morgan fingerprint density at radius 1 is 0.962 bits per heavy atom. The fourth-order valence-corrected chi connectivity index (χ4v) is 2.91. The molecule has 0 atom stereocenters. The summed E-state index contributed by atoms with van der Waals surface area (Å²) in [7, 11) is -0.897. The van der Waals surface area contributed by atoms with Crippen LogP contribution in [0, 0.1) is 11.3 Å². The van der Waals surface area contributed by atoms with Crippen molar-refractivity contribution < 1.29 is 18.0 Å². The van der Waals surface area contributed by atoms with E-state index in [2.05, 4.69) is 10.9 Å². The van der Waals surface area contributed by atoms with Crippen molar-refractivity contribution in [3.05, 3.63) is 65.2 Å². The average molecular weight is 372 g/mol. The van der Waals surface area contributed by atoms with E-state index in [4.69, 9.17) is 5.26 Å². The molecule has 2 rings (SSSR count). The molecule has 0 spiro atoms. The second-order valence-corrected chi connectivity index (χ2v) is 7.56. The number of nitrogens with zero attached hydrogens (tertiary/aromatic N) is 2. The van der Waals surface area contributed by atoms with Crippen LogP contribution in [0.15, 0.2) is 53.4 Å². The van der Waals surface area contributed by atoms with E-state index in [9.17, 15) is 18.0 Å². The largest absolute Gasteiger partial charge is 0.269 e. The van der Waals surface area contributed by atoms with Crippen molar-refractivity contribution in [1.29, 1.82) is 5.26 Å². The monoisotopic (exact) mass is 372 g/mol. The predicted molar refractivity (Wildman–Crippen MR) is 93.4 cm³/mol.